The number of hydrogen-bond donors (Lipinski definition) is 0. The van der Waals surface area contributed by atoms with Gasteiger partial charge in [-0.25, -0.2) is 14.8 Å². The average Bonchev–Trinajstić information content (AvgIpc) is 3.27. The molecule has 154 valence electrons. The van der Waals surface area contributed by atoms with E-state index in [9.17, 15) is 9.59 Å². The molecule has 1 aliphatic rings. The standard InChI is InChI=1S/C21H21N5O3S/c1-29-21(28)16-4-2-15(3-5-16)19-24-17(14-30-19)13-25-8-10-26(11-9-25)20(27)18-12-22-6-7-23-18/h2-7,12,14H,8-11,13H2,1H3. The molecule has 0 N–H and O–H groups in total. The fraction of sp³-hybridized carbons (Fsp3) is 0.286. The SMILES string of the molecule is COC(=O)c1ccc(-c2nc(CN3CCN(C(=O)c4cnccn4)CC3)cs2)cc1. The molecular weight excluding hydrogens is 402 g/mol. The summed E-state index contributed by atoms with van der Waals surface area (Å²) in [5.41, 5.74) is 2.87. The van der Waals surface area contributed by atoms with E-state index in [2.05, 4.69) is 20.2 Å². The lowest BCUT2D eigenvalue weighted by Crippen LogP contribution is -2.48. The van der Waals surface area contributed by atoms with Crippen molar-refractivity contribution >= 4 is 23.2 Å². The van der Waals surface area contributed by atoms with E-state index in [1.54, 1.807) is 29.7 Å². The van der Waals surface area contributed by atoms with Crippen molar-refractivity contribution in [3.8, 4) is 10.6 Å². The Morgan fingerprint density at radius 3 is 2.53 bits per heavy atom. The molecule has 0 unspecified atom stereocenters. The maximum atomic E-state index is 12.5. The summed E-state index contributed by atoms with van der Waals surface area (Å²) in [6.45, 7) is 3.62. The van der Waals surface area contributed by atoms with Crippen LogP contribution in [0.2, 0.25) is 0 Å². The number of aromatic nitrogens is 3. The van der Waals surface area contributed by atoms with Crippen LogP contribution in [0.3, 0.4) is 0 Å². The largest absolute Gasteiger partial charge is 0.465 e. The molecule has 0 spiro atoms. The summed E-state index contributed by atoms with van der Waals surface area (Å²) >= 11 is 1.58. The Morgan fingerprint density at radius 1 is 1.10 bits per heavy atom. The number of hydrogen-bond acceptors (Lipinski definition) is 8. The first-order chi connectivity index (χ1) is 14.6. The van der Waals surface area contributed by atoms with E-state index in [0.29, 0.717) is 24.3 Å². The molecular formula is C21H21N5O3S. The van der Waals surface area contributed by atoms with Crippen LogP contribution in [0.4, 0.5) is 0 Å². The van der Waals surface area contributed by atoms with Crippen LogP contribution >= 0.6 is 11.3 Å². The van der Waals surface area contributed by atoms with Gasteiger partial charge >= 0.3 is 5.97 Å². The molecule has 9 heteroatoms. The van der Waals surface area contributed by atoms with Crippen LogP contribution in [0.15, 0.2) is 48.2 Å². The predicted octanol–water partition coefficient (Wildman–Crippen LogP) is 2.34. The van der Waals surface area contributed by atoms with Gasteiger partial charge in [0, 0.05) is 56.1 Å². The zero-order chi connectivity index (χ0) is 20.9. The number of amides is 1. The van der Waals surface area contributed by atoms with E-state index in [4.69, 9.17) is 9.72 Å². The van der Waals surface area contributed by atoms with Gasteiger partial charge in [0.05, 0.1) is 24.6 Å². The zero-order valence-electron chi connectivity index (χ0n) is 16.5. The van der Waals surface area contributed by atoms with Gasteiger partial charge in [-0.15, -0.1) is 11.3 Å². The second-order valence-corrected chi connectivity index (χ2v) is 7.73. The van der Waals surface area contributed by atoms with E-state index in [-0.39, 0.29) is 11.9 Å². The first-order valence-electron chi connectivity index (χ1n) is 9.55. The summed E-state index contributed by atoms with van der Waals surface area (Å²) < 4.78 is 4.73. The van der Waals surface area contributed by atoms with Crippen molar-refractivity contribution in [2.75, 3.05) is 33.3 Å². The molecule has 3 aromatic rings. The number of carbonyl (C=O) groups is 2. The highest BCUT2D eigenvalue weighted by Gasteiger charge is 2.23. The fourth-order valence-corrected chi connectivity index (χ4v) is 4.11. The van der Waals surface area contributed by atoms with Gasteiger partial charge in [-0.3, -0.25) is 14.7 Å². The third kappa shape index (κ3) is 4.52. The van der Waals surface area contributed by atoms with E-state index in [1.807, 2.05) is 17.0 Å². The van der Waals surface area contributed by atoms with Crippen LogP contribution in [0.1, 0.15) is 26.5 Å². The smallest absolute Gasteiger partial charge is 0.337 e. The van der Waals surface area contributed by atoms with E-state index < -0.39 is 0 Å². The third-order valence-electron chi connectivity index (χ3n) is 4.93. The summed E-state index contributed by atoms with van der Waals surface area (Å²) in [4.78, 5) is 40.9. The summed E-state index contributed by atoms with van der Waals surface area (Å²) in [7, 11) is 1.37. The molecule has 30 heavy (non-hydrogen) atoms. The van der Waals surface area contributed by atoms with Crippen LogP contribution in [0.25, 0.3) is 10.6 Å². The Balaban J connectivity index is 1.33. The van der Waals surface area contributed by atoms with E-state index >= 15 is 0 Å². The minimum atomic E-state index is -0.349. The number of benzene rings is 1. The van der Waals surface area contributed by atoms with Crippen LogP contribution in [0.5, 0.6) is 0 Å². The van der Waals surface area contributed by atoms with Gasteiger partial charge < -0.3 is 9.64 Å². The summed E-state index contributed by atoms with van der Waals surface area (Å²) in [5.74, 6) is -0.424. The molecule has 1 fully saturated rings. The topological polar surface area (TPSA) is 88.5 Å². The van der Waals surface area contributed by atoms with Gasteiger partial charge in [-0.1, -0.05) is 12.1 Å². The van der Waals surface area contributed by atoms with Crippen LogP contribution in [-0.4, -0.2) is 69.9 Å². The number of ether oxygens (including phenoxy) is 1. The Bertz CT molecular complexity index is 1010. The highest BCUT2D eigenvalue weighted by molar-refractivity contribution is 7.13. The third-order valence-corrected chi connectivity index (χ3v) is 5.87. The summed E-state index contributed by atoms with van der Waals surface area (Å²) in [5, 5.41) is 2.97. The molecule has 1 aliphatic heterocycles. The number of rotatable bonds is 5. The predicted molar refractivity (Wildman–Crippen MR) is 112 cm³/mol. The number of methoxy groups -OCH3 is 1. The Morgan fingerprint density at radius 2 is 1.87 bits per heavy atom. The van der Waals surface area contributed by atoms with Gasteiger partial charge in [0.15, 0.2) is 0 Å². The molecule has 1 aromatic carbocycles. The Hall–Kier alpha value is -3.17. The molecule has 8 nitrogen and oxygen atoms in total. The maximum Gasteiger partial charge on any atom is 0.337 e. The first-order valence-corrected chi connectivity index (χ1v) is 10.4. The molecule has 1 saturated heterocycles. The molecule has 0 bridgehead atoms. The van der Waals surface area contributed by atoms with Crippen molar-refractivity contribution in [2.45, 2.75) is 6.54 Å². The van der Waals surface area contributed by atoms with Crippen LogP contribution in [0, 0.1) is 0 Å². The monoisotopic (exact) mass is 423 g/mol. The molecule has 4 rings (SSSR count). The molecule has 3 heterocycles. The molecule has 1 amide bonds. The lowest BCUT2D eigenvalue weighted by molar-refractivity contribution is 0.0598. The zero-order valence-corrected chi connectivity index (χ0v) is 17.3. The highest BCUT2D eigenvalue weighted by atomic mass is 32.1. The second kappa shape index (κ2) is 9.10. The van der Waals surface area contributed by atoms with Crippen molar-refractivity contribution in [2.24, 2.45) is 0 Å². The van der Waals surface area contributed by atoms with Crippen molar-refractivity contribution in [1.29, 1.82) is 0 Å². The lowest BCUT2D eigenvalue weighted by Gasteiger charge is -2.34. The molecule has 2 aromatic heterocycles. The quantitative estimate of drug-likeness (QED) is 0.582. The maximum absolute atomic E-state index is 12.5. The van der Waals surface area contributed by atoms with Crippen LogP contribution < -0.4 is 0 Å². The van der Waals surface area contributed by atoms with Crippen molar-refractivity contribution < 1.29 is 14.3 Å². The number of piperazine rings is 1. The second-order valence-electron chi connectivity index (χ2n) is 6.87. The Labute approximate surface area is 178 Å². The Kier molecular flexibility index (Phi) is 6.10. The fourth-order valence-electron chi connectivity index (χ4n) is 3.29. The first kappa shape index (κ1) is 20.1. The van der Waals surface area contributed by atoms with Crippen molar-refractivity contribution in [1.82, 2.24) is 24.8 Å². The van der Waals surface area contributed by atoms with Gasteiger partial charge in [0.2, 0.25) is 0 Å². The van der Waals surface area contributed by atoms with E-state index in [0.717, 1.165) is 35.9 Å². The van der Waals surface area contributed by atoms with Gasteiger partial charge in [0.1, 0.15) is 10.7 Å². The van der Waals surface area contributed by atoms with E-state index in [1.165, 1.54) is 19.5 Å². The number of nitrogens with zero attached hydrogens (tertiary/aromatic N) is 5. The summed E-state index contributed by atoms with van der Waals surface area (Å²) in [6, 6.07) is 7.25. The number of thiazole rings is 1. The minimum Gasteiger partial charge on any atom is -0.465 e. The van der Waals surface area contributed by atoms with Gasteiger partial charge in [-0.05, 0) is 12.1 Å². The molecule has 0 atom stereocenters. The van der Waals surface area contributed by atoms with Gasteiger partial charge in [0.25, 0.3) is 5.91 Å². The number of carbonyl (C=O) groups excluding carboxylic acids is 2. The van der Waals surface area contributed by atoms with Gasteiger partial charge in [-0.2, -0.15) is 0 Å². The average molecular weight is 423 g/mol. The lowest BCUT2D eigenvalue weighted by atomic mass is 10.1. The molecule has 0 radical (unpaired) electrons. The number of esters is 1. The molecule has 0 aliphatic carbocycles. The van der Waals surface area contributed by atoms with Crippen LogP contribution in [-0.2, 0) is 11.3 Å². The summed E-state index contributed by atoms with van der Waals surface area (Å²) in [6.07, 6.45) is 4.60. The normalized spacial score (nSPS) is 14.5. The highest BCUT2D eigenvalue weighted by Crippen LogP contribution is 2.25. The molecule has 0 saturated carbocycles. The van der Waals surface area contributed by atoms with Crippen molar-refractivity contribution in [3.05, 3.63) is 65.2 Å². The van der Waals surface area contributed by atoms with Crippen molar-refractivity contribution in [3.63, 3.8) is 0 Å². The minimum absolute atomic E-state index is 0.0749.